The summed E-state index contributed by atoms with van der Waals surface area (Å²) in [4.78, 5) is 11.4. The number of fused-ring (bicyclic) bond motifs is 2. The van der Waals surface area contributed by atoms with E-state index in [1.807, 2.05) is 11.8 Å². The zero-order valence-electron chi connectivity index (χ0n) is 10.3. The number of nitrogens with one attached hydrogen (secondary N) is 1. The van der Waals surface area contributed by atoms with Crippen LogP contribution < -0.4 is 5.32 Å². The maximum absolute atomic E-state index is 11.4. The van der Waals surface area contributed by atoms with Crippen molar-refractivity contribution in [3.63, 3.8) is 0 Å². The molecular weight excluding hydrogens is 234 g/mol. The van der Waals surface area contributed by atoms with Crippen LogP contribution in [0.2, 0.25) is 0 Å². The molecule has 2 aliphatic carbocycles. The molecule has 2 bridgehead atoms. The summed E-state index contributed by atoms with van der Waals surface area (Å²) in [6, 6.07) is 0.795. The minimum absolute atomic E-state index is 0.116. The van der Waals surface area contributed by atoms with Crippen molar-refractivity contribution in [2.45, 2.75) is 49.9 Å². The first kappa shape index (κ1) is 11.8. The molecule has 0 aromatic rings. The summed E-state index contributed by atoms with van der Waals surface area (Å²) in [5.74, 6) is 1.54. The average Bonchev–Trinajstić information content (AvgIpc) is 2.93. The fourth-order valence-corrected chi connectivity index (χ4v) is 5.25. The van der Waals surface area contributed by atoms with E-state index in [0.29, 0.717) is 17.9 Å². The lowest BCUT2D eigenvalue weighted by Gasteiger charge is -2.31. The first-order chi connectivity index (χ1) is 8.15. The second-order valence-corrected chi connectivity index (χ2v) is 7.44. The molecule has 0 amide bonds. The molecule has 96 valence electrons. The van der Waals surface area contributed by atoms with Crippen molar-refractivity contribution in [3.05, 3.63) is 0 Å². The Bertz CT molecular complexity index is 323. The molecule has 3 aliphatic rings. The molecule has 0 aromatic carbocycles. The van der Waals surface area contributed by atoms with Crippen LogP contribution in [0.15, 0.2) is 0 Å². The van der Waals surface area contributed by atoms with Crippen LogP contribution in [-0.4, -0.2) is 34.2 Å². The molecule has 6 unspecified atom stereocenters. The second kappa shape index (κ2) is 4.47. The van der Waals surface area contributed by atoms with E-state index >= 15 is 0 Å². The highest BCUT2D eigenvalue weighted by Gasteiger charge is 2.51. The second-order valence-electron chi connectivity index (χ2n) is 5.97. The fourth-order valence-electron chi connectivity index (χ4n) is 4.09. The summed E-state index contributed by atoms with van der Waals surface area (Å²) < 4.78 is 0. The number of rotatable bonds is 3. The third kappa shape index (κ3) is 2.10. The van der Waals surface area contributed by atoms with Crippen LogP contribution in [0.4, 0.5) is 0 Å². The van der Waals surface area contributed by atoms with E-state index in [1.54, 1.807) is 0 Å². The van der Waals surface area contributed by atoms with Gasteiger partial charge in [-0.25, -0.2) is 0 Å². The van der Waals surface area contributed by atoms with E-state index in [2.05, 4.69) is 12.2 Å². The Balaban J connectivity index is 1.67. The van der Waals surface area contributed by atoms with Gasteiger partial charge in [0.25, 0.3) is 0 Å². The summed E-state index contributed by atoms with van der Waals surface area (Å²) in [6.45, 7) is 2.27. The topological polar surface area (TPSA) is 49.3 Å². The van der Waals surface area contributed by atoms with E-state index in [4.69, 9.17) is 0 Å². The summed E-state index contributed by atoms with van der Waals surface area (Å²) in [6.07, 6.45) is 4.71. The first-order valence-corrected chi connectivity index (χ1v) is 7.80. The molecule has 2 N–H and O–H groups in total. The maximum Gasteiger partial charge on any atom is 0.308 e. The third-order valence-electron chi connectivity index (χ3n) is 4.83. The van der Waals surface area contributed by atoms with Crippen molar-refractivity contribution >= 4 is 17.7 Å². The van der Waals surface area contributed by atoms with Gasteiger partial charge in [0.2, 0.25) is 0 Å². The molecule has 0 spiro atoms. The molecule has 3 fully saturated rings. The number of carboxylic acid groups (broad SMARTS) is 1. The smallest absolute Gasteiger partial charge is 0.308 e. The SMILES string of the molecule is CC1CC(NC2C3CCC(C3)C2C(=O)O)CS1. The van der Waals surface area contributed by atoms with Gasteiger partial charge in [-0.3, -0.25) is 4.79 Å². The Labute approximate surface area is 107 Å². The largest absolute Gasteiger partial charge is 0.481 e. The quantitative estimate of drug-likeness (QED) is 0.809. The maximum atomic E-state index is 11.4. The zero-order chi connectivity index (χ0) is 12.0. The average molecular weight is 255 g/mol. The highest BCUT2D eigenvalue weighted by molar-refractivity contribution is 8.00. The van der Waals surface area contributed by atoms with Crippen molar-refractivity contribution in [1.82, 2.24) is 5.32 Å². The number of thioether (sulfide) groups is 1. The van der Waals surface area contributed by atoms with Gasteiger partial charge in [0.1, 0.15) is 0 Å². The molecule has 1 aliphatic heterocycles. The number of hydrogen-bond acceptors (Lipinski definition) is 3. The van der Waals surface area contributed by atoms with Crippen LogP contribution >= 0.6 is 11.8 Å². The van der Waals surface area contributed by atoms with Crippen molar-refractivity contribution in [3.8, 4) is 0 Å². The number of aliphatic carboxylic acids is 1. The Hall–Kier alpha value is -0.220. The minimum atomic E-state index is -0.576. The number of carboxylic acids is 1. The van der Waals surface area contributed by atoms with E-state index in [0.717, 1.165) is 23.8 Å². The highest BCUT2D eigenvalue weighted by atomic mass is 32.2. The van der Waals surface area contributed by atoms with Gasteiger partial charge in [0, 0.05) is 23.1 Å². The van der Waals surface area contributed by atoms with Gasteiger partial charge < -0.3 is 10.4 Å². The van der Waals surface area contributed by atoms with Crippen molar-refractivity contribution in [1.29, 1.82) is 0 Å². The first-order valence-electron chi connectivity index (χ1n) is 6.75. The monoisotopic (exact) mass is 255 g/mol. The minimum Gasteiger partial charge on any atom is -0.481 e. The van der Waals surface area contributed by atoms with Crippen LogP contribution in [0.1, 0.15) is 32.6 Å². The van der Waals surface area contributed by atoms with Gasteiger partial charge in [-0.2, -0.15) is 11.8 Å². The lowest BCUT2D eigenvalue weighted by atomic mass is 9.84. The molecule has 1 saturated heterocycles. The van der Waals surface area contributed by atoms with Crippen molar-refractivity contribution < 1.29 is 9.90 Å². The molecule has 4 heteroatoms. The van der Waals surface area contributed by atoms with Gasteiger partial charge >= 0.3 is 5.97 Å². The van der Waals surface area contributed by atoms with Crippen molar-refractivity contribution in [2.75, 3.05) is 5.75 Å². The predicted molar refractivity (Wildman–Crippen MR) is 69.2 cm³/mol. The summed E-state index contributed by atoms with van der Waals surface area (Å²) in [7, 11) is 0. The van der Waals surface area contributed by atoms with E-state index < -0.39 is 5.97 Å². The molecular formula is C13H21NO2S. The lowest BCUT2D eigenvalue weighted by Crippen LogP contribution is -2.48. The third-order valence-corrected chi connectivity index (χ3v) is 6.18. The fraction of sp³-hybridized carbons (Fsp3) is 0.923. The Morgan fingerprint density at radius 1 is 1.29 bits per heavy atom. The van der Waals surface area contributed by atoms with Gasteiger partial charge in [0.05, 0.1) is 5.92 Å². The molecule has 3 nitrogen and oxygen atoms in total. The van der Waals surface area contributed by atoms with Gasteiger partial charge in [-0.1, -0.05) is 6.92 Å². The molecule has 3 rings (SSSR count). The van der Waals surface area contributed by atoms with Crippen LogP contribution in [0.3, 0.4) is 0 Å². The highest BCUT2D eigenvalue weighted by Crippen LogP contribution is 2.49. The molecule has 0 aromatic heterocycles. The Morgan fingerprint density at radius 2 is 2.06 bits per heavy atom. The Morgan fingerprint density at radius 3 is 2.71 bits per heavy atom. The summed E-state index contributed by atoms with van der Waals surface area (Å²) in [5.41, 5.74) is 0. The predicted octanol–water partition coefficient (Wildman–Crippen LogP) is 1.97. The van der Waals surface area contributed by atoms with E-state index in [1.165, 1.54) is 12.8 Å². The van der Waals surface area contributed by atoms with Gasteiger partial charge in [-0.15, -0.1) is 0 Å². The molecule has 0 radical (unpaired) electrons. The van der Waals surface area contributed by atoms with Crippen molar-refractivity contribution in [2.24, 2.45) is 17.8 Å². The molecule has 6 atom stereocenters. The Kier molecular flexibility index (Phi) is 3.11. The van der Waals surface area contributed by atoms with E-state index in [-0.39, 0.29) is 12.0 Å². The van der Waals surface area contributed by atoms with Crippen LogP contribution in [0, 0.1) is 17.8 Å². The number of carbonyl (C=O) groups is 1. The zero-order valence-corrected chi connectivity index (χ0v) is 11.1. The van der Waals surface area contributed by atoms with Crippen LogP contribution in [-0.2, 0) is 4.79 Å². The van der Waals surface area contributed by atoms with Gasteiger partial charge in [0.15, 0.2) is 0 Å². The molecule has 17 heavy (non-hydrogen) atoms. The van der Waals surface area contributed by atoms with Gasteiger partial charge in [-0.05, 0) is 37.5 Å². The van der Waals surface area contributed by atoms with E-state index in [9.17, 15) is 9.90 Å². The molecule has 1 heterocycles. The summed E-state index contributed by atoms with van der Waals surface area (Å²) in [5, 5.41) is 13.8. The standard InChI is InChI=1S/C13H21NO2S/c1-7-4-10(6-17-7)14-12-9-3-2-8(5-9)11(12)13(15)16/h7-12,14H,2-6H2,1H3,(H,15,16). The van der Waals surface area contributed by atoms with Crippen LogP contribution in [0.25, 0.3) is 0 Å². The summed E-state index contributed by atoms with van der Waals surface area (Å²) >= 11 is 2.01. The molecule has 2 saturated carbocycles. The normalized spacial score (nSPS) is 48.8. The number of hydrogen-bond donors (Lipinski definition) is 2. The van der Waals surface area contributed by atoms with Crippen LogP contribution in [0.5, 0.6) is 0 Å². The lowest BCUT2D eigenvalue weighted by molar-refractivity contribution is -0.144.